The van der Waals surface area contributed by atoms with E-state index in [2.05, 4.69) is 14.6 Å². The monoisotopic (exact) mass is 397 g/mol. The number of unbranched alkanes of at least 4 members (excludes halogenated alkanes) is 2. The van der Waals surface area contributed by atoms with Crippen molar-refractivity contribution in [3.05, 3.63) is 0 Å². The van der Waals surface area contributed by atoms with Crippen molar-refractivity contribution < 1.29 is 9.53 Å². The molecule has 0 atom stereocenters. The first-order valence-corrected chi connectivity index (χ1v) is 7.35. The molecule has 0 aromatic heterocycles. The molecule has 0 bridgehead atoms. The number of nitrogens with zero attached hydrogens (tertiary/aromatic N) is 2. The Bertz CT molecular complexity index is 290. The normalized spacial score (nSPS) is 16.2. The maximum Gasteiger partial charge on any atom is 0.305 e. The molecule has 1 heterocycles. The number of carbonyl (C=O) groups excluding carboxylic acids is 1. The van der Waals surface area contributed by atoms with Crippen LogP contribution < -0.4 is 5.73 Å². The minimum absolute atomic E-state index is 0. The van der Waals surface area contributed by atoms with Crippen molar-refractivity contribution in [2.24, 2.45) is 10.7 Å². The molecule has 0 unspecified atom stereocenters. The maximum atomic E-state index is 10.9. The Balaban J connectivity index is 0.00000361. The van der Waals surface area contributed by atoms with Crippen LogP contribution in [0.15, 0.2) is 4.99 Å². The van der Waals surface area contributed by atoms with Gasteiger partial charge in [-0.25, -0.2) is 0 Å². The van der Waals surface area contributed by atoms with Gasteiger partial charge in [0.05, 0.1) is 7.11 Å². The van der Waals surface area contributed by atoms with Gasteiger partial charge >= 0.3 is 5.97 Å². The first-order chi connectivity index (χ1) is 9.24. The average molecular weight is 397 g/mol. The number of hydrogen-bond donors (Lipinski definition) is 1. The number of methoxy groups -OCH3 is 1. The highest BCUT2D eigenvalue weighted by Crippen LogP contribution is 2.09. The quantitative estimate of drug-likeness (QED) is 0.246. The number of esters is 1. The van der Waals surface area contributed by atoms with Gasteiger partial charge in [0, 0.05) is 26.1 Å². The van der Waals surface area contributed by atoms with E-state index in [9.17, 15) is 4.79 Å². The Kier molecular flexibility index (Phi) is 11.9. The number of rotatable bonds is 6. The van der Waals surface area contributed by atoms with Gasteiger partial charge in [-0.15, -0.1) is 24.0 Å². The molecule has 0 aromatic rings. The molecule has 6 heteroatoms. The summed E-state index contributed by atoms with van der Waals surface area (Å²) in [6.45, 7) is 2.83. The Hall–Kier alpha value is -0.530. The first kappa shape index (κ1) is 19.5. The number of hydrogen-bond acceptors (Lipinski definition) is 3. The van der Waals surface area contributed by atoms with Crippen molar-refractivity contribution in [3.63, 3.8) is 0 Å². The summed E-state index contributed by atoms with van der Waals surface area (Å²) >= 11 is 0. The van der Waals surface area contributed by atoms with Gasteiger partial charge in [0.2, 0.25) is 0 Å². The minimum Gasteiger partial charge on any atom is -0.469 e. The fourth-order valence-electron chi connectivity index (χ4n) is 2.25. The van der Waals surface area contributed by atoms with E-state index in [4.69, 9.17) is 5.73 Å². The number of aliphatic imine (C=N–C) groups is 1. The van der Waals surface area contributed by atoms with Crippen molar-refractivity contribution in [2.75, 3.05) is 26.7 Å². The summed E-state index contributed by atoms with van der Waals surface area (Å²) in [5.74, 6) is 0.558. The molecule has 0 amide bonds. The second-order valence-electron chi connectivity index (χ2n) is 5.03. The Morgan fingerprint density at radius 2 is 1.80 bits per heavy atom. The van der Waals surface area contributed by atoms with Crippen molar-refractivity contribution in [3.8, 4) is 0 Å². The van der Waals surface area contributed by atoms with E-state index in [0.717, 1.165) is 38.9 Å². The van der Waals surface area contributed by atoms with Crippen molar-refractivity contribution in [2.45, 2.75) is 51.4 Å². The van der Waals surface area contributed by atoms with Gasteiger partial charge in [-0.3, -0.25) is 9.79 Å². The van der Waals surface area contributed by atoms with Crippen LogP contribution in [0.3, 0.4) is 0 Å². The van der Waals surface area contributed by atoms with Gasteiger partial charge in [-0.2, -0.15) is 0 Å². The fraction of sp³-hybridized carbons (Fsp3) is 0.857. The van der Waals surface area contributed by atoms with Crippen LogP contribution in [0.25, 0.3) is 0 Å². The lowest BCUT2D eigenvalue weighted by Gasteiger charge is -2.21. The lowest BCUT2D eigenvalue weighted by atomic mass is 10.2. The van der Waals surface area contributed by atoms with E-state index >= 15 is 0 Å². The number of halogens is 1. The third-order valence-corrected chi connectivity index (χ3v) is 3.47. The van der Waals surface area contributed by atoms with Crippen LogP contribution in [0.1, 0.15) is 51.4 Å². The van der Waals surface area contributed by atoms with E-state index in [1.165, 1.54) is 32.8 Å². The Labute approximate surface area is 139 Å². The highest BCUT2D eigenvalue weighted by molar-refractivity contribution is 14.0. The molecular formula is C14H28IN3O2. The summed E-state index contributed by atoms with van der Waals surface area (Å²) < 4.78 is 4.59. The van der Waals surface area contributed by atoms with Gasteiger partial charge in [-0.1, -0.05) is 19.3 Å². The maximum absolute atomic E-state index is 10.9. The van der Waals surface area contributed by atoms with E-state index in [1.54, 1.807) is 0 Å². The second-order valence-corrected chi connectivity index (χ2v) is 5.03. The lowest BCUT2D eigenvalue weighted by Crippen LogP contribution is -2.38. The van der Waals surface area contributed by atoms with E-state index in [0.29, 0.717) is 12.4 Å². The summed E-state index contributed by atoms with van der Waals surface area (Å²) in [4.78, 5) is 17.5. The standard InChI is InChI=1S/C14H27N3O2.HI/c1-19-13(18)9-5-4-6-10-16-14(15)17-11-7-2-3-8-12-17;/h2-12H2,1H3,(H2,15,16);1H. The molecule has 0 aliphatic carbocycles. The molecule has 118 valence electrons. The Morgan fingerprint density at radius 3 is 2.40 bits per heavy atom. The van der Waals surface area contributed by atoms with Crippen LogP contribution in [0.4, 0.5) is 0 Å². The zero-order chi connectivity index (χ0) is 13.9. The molecule has 1 rings (SSSR count). The predicted octanol–water partition coefficient (Wildman–Crippen LogP) is 2.53. The lowest BCUT2D eigenvalue weighted by molar-refractivity contribution is -0.140. The van der Waals surface area contributed by atoms with Gasteiger partial charge < -0.3 is 15.4 Å². The molecular weight excluding hydrogens is 369 g/mol. The Morgan fingerprint density at radius 1 is 1.15 bits per heavy atom. The van der Waals surface area contributed by atoms with Crippen molar-refractivity contribution >= 4 is 35.9 Å². The zero-order valence-corrected chi connectivity index (χ0v) is 14.8. The molecule has 5 nitrogen and oxygen atoms in total. The second kappa shape index (κ2) is 12.2. The third-order valence-electron chi connectivity index (χ3n) is 3.47. The third kappa shape index (κ3) is 8.60. The van der Waals surface area contributed by atoms with Crippen LogP contribution >= 0.6 is 24.0 Å². The van der Waals surface area contributed by atoms with Crippen LogP contribution in [0, 0.1) is 0 Å². The molecule has 0 spiro atoms. The first-order valence-electron chi connectivity index (χ1n) is 7.35. The van der Waals surface area contributed by atoms with Gasteiger partial charge in [0.1, 0.15) is 0 Å². The molecule has 1 aliphatic rings. The molecule has 0 saturated carbocycles. The van der Waals surface area contributed by atoms with Crippen LogP contribution in [-0.4, -0.2) is 43.6 Å². The molecule has 20 heavy (non-hydrogen) atoms. The minimum atomic E-state index is -0.132. The molecule has 0 aromatic carbocycles. The highest BCUT2D eigenvalue weighted by atomic mass is 127. The summed E-state index contributed by atoms with van der Waals surface area (Å²) in [5.41, 5.74) is 6.00. The molecule has 0 radical (unpaired) electrons. The summed E-state index contributed by atoms with van der Waals surface area (Å²) in [6.07, 6.45) is 8.38. The average Bonchev–Trinajstić information content (AvgIpc) is 2.71. The largest absolute Gasteiger partial charge is 0.469 e. The van der Waals surface area contributed by atoms with E-state index in [1.807, 2.05) is 0 Å². The smallest absolute Gasteiger partial charge is 0.305 e. The number of ether oxygens (including phenoxy) is 1. The van der Waals surface area contributed by atoms with Crippen LogP contribution in [-0.2, 0) is 9.53 Å². The topological polar surface area (TPSA) is 67.9 Å². The van der Waals surface area contributed by atoms with Crippen molar-refractivity contribution in [1.82, 2.24) is 4.90 Å². The molecule has 1 saturated heterocycles. The van der Waals surface area contributed by atoms with E-state index < -0.39 is 0 Å². The van der Waals surface area contributed by atoms with E-state index in [-0.39, 0.29) is 29.9 Å². The SMILES string of the molecule is COC(=O)CCCCCN=C(N)N1CCCCCC1.I. The fourth-order valence-corrected chi connectivity index (χ4v) is 2.25. The molecule has 1 aliphatic heterocycles. The summed E-state index contributed by atoms with van der Waals surface area (Å²) in [5, 5.41) is 0. The predicted molar refractivity (Wildman–Crippen MR) is 92.4 cm³/mol. The zero-order valence-electron chi connectivity index (χ0n) is 12.5. The van der Waals surface area contributed by atoms with Crippen LogP contribution in [0.2, 0.25) is 0 Å². The number of nitrogens with two attached hydrogens (primary N) is 1. The van der Waals surface area contributed by atoms with Crippen LogP contribution in [0.5, 0.6) is 0 Å². The number of carbonyl (C=O) groups is 1. The van der Waals surface area contributed by atoms with Gasteiger partial charge in [-0.05, 0) is 25.7 Å². The van der Waals surface area contributed by atoms with Crippen molar-refractivity contribution in [1.29, 1.82) is 0 Å². The highest BCUT2D eigenvalue weighted by Gasteiger charge is 2.10. The summed E-state index contributed by atoms with van der Waals surface area (Å²) in [6, 6.07) is 0. The number of guanidine groups is 1. The van der Waals surface area contributed by atoms with Gasteiger partial charge in [0.15, 0.2) is 5.96 Å². The number of likely N-dealkylation sites (tertiary alicyclic amines) is 1. The molecule has 1 fully saturated rings. The summed E-state index contributed by atoms with van der Waals surface area (Å²) in [7, 11) is 1.43. The molecule has 2 N–H and O–H groups in total. The van der Waals surface area contributed by atoms with Gasteiger partial charge in [0.25, 0.3) is 0 Å².